The summed E-state index contributed by atoms with van der Waals surface area (Å²) in [5.41, 5.74) is -1.80. The number of amides is 2. The number of fused-ring (bicyclic) bond motifs is 3. The molecule has 1 heterocycles. The van der Waals surface area contributed by atoms with Crippen LogP contribution in [0.15, 0.2) is 28.9 Å². The monoisotopic (exact) mass is 503 g/mol. The van der Waals surface area contributed by atoms with Gasteiger partial charge in [-0.05, 0) is 44.2 Å². The van der Waals surface area contributed by atoms with Gasteiger partial charge in [-0.3, -0.25) is 9.59 Å². The van der Waals surface area contributed by atoms with Gasteiger partial charge < -0.3 is 24.9 Å². The number of hydrogen-bond donors (Lipinski definition) is 3. The smallest absolute Gasteiger partial charge is 0.313 e. The topological polar surface area (TPSA) is 114 Å². The third-order valence-electron chi connectivity index (χ3n) is 6.29. The second kappa shape index (κ2) is 9.08. The fourth-order valence-electron chi connectivity index (χ4n) is 4.49. The van der Waals surface area contributed by atoms with Crippen LogP contribution in [0.2, 0.25) is 10.0 Å². The summed E-state index contributed by atoms with van der Waals surface area (Å²) in [6, 6.07) is 4.65. The molecule has 3 saturated carbocycles. The Morgan fingerprint density at radius 1 is 1.21 bits per heavy atom. The minimum atomic E-state index is -2.92. The predicted octanol–water partition coefficient (Wildman–Crippen LogP) is 3.66. The molecule has 12 heteroatoms. The molecule has 1 aromatic carbocycles. The van der Waals surface area contributed by atoms with Gasteiger partial charge in [-0.15, -0.1) is 0 Å². The number of halogens is 4. The van der Waals surface area contributed by atoms with Crippen molar-refractivity contribution in [2.75, 3.05) is 6.61 Å². The molecule has 3 aliphatic carbocycles. The van der Waals surface area contributed by atoms with Gasteiger partial charge in [0, 0.05) is 11.6 Å². The van der Waals surface area contributed by atoms with Gasteiger partial charge >= 0.3 is 6.43 Å². The average molecular weight is 504 g/mol. The Hall–Kier alpha value is -2.43. The van der Waals surface area contributed by atoms with Crippen molar-refractivity contribution in [3.63, 3.8) is 0 Å². The fraction of sp³-hybridized carbons (Fsp3) is 0.476. The molecule has 0 radical (unpaired) electrons. The first-order valence-corrected chi connectivity index (χ1v) is 11.0. The number of hydrogen-bond acceptors (Lipinski definition) is 6. The van der Waals surface area contributed by atoms with Gasteiger partial charge in [-0.25, -0.2) is 4.98 Å². The van der Waals surface area contributed by atoms with Crippen LogP contribution >= 0.6 is 23.2 Å². The van der Waals surface area contributed by atoms with Crippen LogP contribution in [0.5, 0.6) is 5.75 Å². The molecule has 0 saturated heterocycles. The highest BCUT2D eigenvalue weighted by atomic mass is 35.5. The van der Waals surface area contributed by atoms with Crippen molar-refractivity contribution in [3.8, 4) is 5.75 Å². The number of alkyl halides is 2. The van der Waals surface area contributed by atoms with Crippen molar-refractivity contribution >= 4 is 35.0 Å². The van der Waals surface area contributed by atoms with Crippen molar-refractivity contribution < 1.29 is 32.6 Å². The number of ether oxygens (including phenoxy) is 1. The molecule has 2 bridgehead atoms. The van der Waals surface area contributed by atoms with Crippen LogP contribution in [0.3, 0.4) is 0 Å². The van der Waals surface area contributed by atoms with E-state index in [0.29, 0.717) is 41.5 Å². The maximum Gasteiger partial charge on any atom is 0.313 e. The molecule has 33 heavy (non-hydrogen) atoms. The van der Waals surface area contributed by atoms with Crippen molar-refractivity contribution in [2.45, 2.75) is 55.7 Å². The number of nitrogens with zero attached hydrogens (tertiary/aromatic N) is 1. The number of benzene rings is 1. The summed E-state index contributed by atoms with van der Waals surface area (Å²) in [5, 5.41) is 17.2. The van der Waals surface area contributed by atoms with Crippen LogP contribution in [-0.2, 0) is 4.79 Å². The zero-order chi connectivity index (χ0) is 23.8. The normalized spacial score (nSPS) is 26.3. The van der Waals surface area contributed by atoms with E-state index in [1.54, 1.807) is 12.1 Å². The Morgan fingerprint density at radius 3 is 2.55 bits per heavy atom. The van der Waals surface area contributed by atoms with E-state index in [9.17, 15) is 23.5 Å². The first kappa shape index (κ1) is 23.7. The Labute approximate surface area is 197 Å². The van der Waals surface area contributed by atoms with Crippen molar-refractivity contribution in [1.29, 1.82) is 0 Å². The Morgan fingerprint density at radius 2 is 1.94 bits per heavy atom. The van der Waals surface area contributed by atoms with E-state index < -0.39 is 41.3 Å². The SMILES string of the molecule is O=C(COc1ccc(Cl)c(Cl)c1)NC12CCC(NC(=O)c3coc(C(F)F)n3)(CC1)C[C@@H]2O. The van der Waals surface area contributed by atoms with Gasteiger partial charge in [0.25, 0.3) is 17.7 Å². The molecule has 1 aromatic heterocycles. The minimum absolute atomic E-state index is 0.201. The average Bonchev–Trinajstić information content (AvgIpc) is 3.27. The third kappa shape index (κ3) is 4.92. The fourth-order valence-corrected chi connectivity index (χ4v) is 4.78. The molecule has 3 aliphatic rings. The molecular weight excluding hydrogens is 483 g/mol. The first-order chi connectivity index (χ1) is 15.6. The molecule has 0 unspecified atom stereocenters. The van der Waals surface area contributed by atoms with E-state index >= 15 is 0 Å². The van der Waals surface area contributed by atoms with E-state index in [1.807, 2.05) is 0 Å². The lowest BCUT2D eigenvalue weighted by Crippen LogP contribution is -2.70. The summed E-state index contributed by atoms with van der Waals surface area (Å²) in [6.07, 6.45) is -0.918. The van der Waals surface area contributed by atoms with Crippen LogP contribution in [0, 0.1) is 0 Å². The second-order valence-corrected chi connectivity index (χ2v) is 9.21. The van der Waals surface area contributed by atoms with E-state index in [4.69, 9.17) is 27.9 Å². The lowest BCUT2D eigenvalue weighted by Gasteiger charge is -2.56. The van der Waals surface area contributed by atoms with E-state index in [1.165, 1.54) is 6.07 Å². The number of aromatic nitrogens is 1. The number of carbonyl (C=O) groups excluding carboxylic acids is 2. The zero-order valence-electron chi connectivity index (χ0n) is 17.2. The number of carbonyl (C=O) groups is 2. The highest BCUT2D eigenvalue weighted by Gasteiger charge is 2.55. The van der Waals surface area contributed by atoms with E-state index in [2.05, 4.69) is 20.0 Å². The highest BCUT2D eigenvalue weighted by molar-refractivity contribution is 6.42. The quantitative estimate of drug-likeness (QED) is 0.531. The summed E-state index contributed by atoms with van der Waals surface area (Å²) >= 11 is 11.8. The van der Waals surface area contributed by atoms with Crippen molar-refractivity contribution in [1.82, 2.24) is 15.6 Å². The van der Waals surface area contributed by atoms with Crippen molar-refractivity contribution in [2.24, 2.45) is 0 Å². The van der Waals surface area contributed by atoms with Gasteiger partial charge in [0.2, 0.25) is 0 Å². The molecule has 5 rings (SSSR count). The molecule has 3 fully saturated rings. The van der Waals surface area contributed by atoms with Crippen LogP contribution in [0.25, 0.3) is 0 Å². The maximum absolute atomic E-state index is 12.7. The Kier molecular flexibility index (Phi) is 6.52. The predicted molar refractivity (Wildman–Crippen MR) is 114 cm³/mol. The van der Waals surface area contributed by atoms with Gasteiger partial charge in [0.05, 0.1) is 21.7 Å². The summed E-state index contributed by atoms with van der Waals surface area (Å²) in [7, 11) is 0. The number of nitrogens with one attached hydrogen (secondary N) is 2. The standard InChI is InChI=1S/C21H21Cl2F2N3O5/c22-12-2-1-11(7-13(12)23)32-10-16(30)27-21-5-3-20(4-6-21,8-15(21)29)28-18(31)14-9-33-19(26-14)17(24)25/h1-2,7,9,15,17,29H,3-6,8,10H2,(H,27,30)(H,28,31)/t15-,20?,21?/m0/s1. The minimum Gasteiger partial charge on any atom is -0.484 e. The Balaban J connectivity index is 1.34. The summed E-state index contributed by atoms with van der Waals surface area (Å²) in [5.74, 6) is -1.49. The van der Waals surface area contributed by atoms with Gasteiger partial charge in [-0.2, -0.15) is 8.78 Å². The molecule has 2 aromatic rings. The number of aliphatic hydroxyl groups excluding tert-OH is 1. The van der Waals surface area contributed by atoms with E-state index in [-0.39, 0.29) is 18.7 Å². The van der Waals surface area contributed by atoms with Crippen LogP contribution < -0.4 is 15.4 Å². The lowest BCUT2D eigenvalue weighted by molar-refractivity contribution is -0.132. The molecule has 3 N–H and O–H groups in total. The van der Waals surface area contributed by atoms with Gasteiger partial charge in [-0.1, -0.05) is 23.2 Å². The Bertz CT molecular complexity index is 1060. The van der Waals surface area contributed by atoms with Crippen molar-refractivity contribution in [3.05, 3.63) is 46.1 Å². The molecule has 8 nitrogen and oxygen atoms in total. The van der Waals surface area contributed by atoms with Crippen LogP contribution in [0.4, 0.5) is 8.78 Å². The molecule has 0 spiro atoms. The second-order valence-electron chi connectivity index (χ2n) is 8.39. The third-order valence-corrected chi connectivity index (χ3v) is 7.03. The van der Waals surface area contributed by atoms with E-state index in [0.717, 1.165) is 6.26 Å². The molecular formula is C21H21Cl2F2N3O5. The van der Waals surface area contributed by atoms with Crippen LogP contribution in [0.1, 0.15) is 54.9 Å². The van der Waals surface area contributed by atoms with Crippen LogP contribution in [-0.4, -0.2) is 45.7 Å². The molecule has 0 aliphatic heterocycles. The number of oxazole rings is 1. The van der Waals surface area contributed by atoms with Gasteiger partial charge in [0.1, 0.15) is 12.0 Å². The largest absolute Gasteiger partial charge is 0.484 e. The van der Waals surface area contributed by atoms with Gasteiger partial charge in [0.15, 0.2) is 12.3 Å². The summed E-state index contributed by atoms with van der Waals surface area (Å²) in [6.45, 7) is -0.271. The highest BCUT2D eigenvalue weighted by Crippen LogP contribution is 2.47. The molecule has 1 atom stereocenters. The lowest BCUT2D eigenvalue weighted by atomic mass is 9.60. The maximum atomic E-state index is 12.7. The molecule has 178 valence electrons. The molecule has 2 amide bonds. The number of aliphatic hydroxyl groups is 1. The summed E-state index contributed by atoms with van der Waals surface area (Å²) in [4.78, 5) is 28.5. The number of rotatable bonds is 7. The summed E-state index contributed by atoms with van der Waals surface area (Å²) < 4.78 is 35.4. The zero-order valence-corrected chi connectivity index (χ0v) is 18.8. The first-order valence-electron chi connectivity index (χ1n) is 10.2.